The van der Waals surface area contributed by atoms with Gasteiger partial charge in [-0.15, -0.1) is 0 Å². The Hall–Kier alpha value is -0.340. The zero-order valence-electron chi connectivity index (χ0n) is 11.1. The molecule has 1 aromatic rings. The third kappa shape index (κ3) is 3.56. The van der Waals surface area contributed by atoms with Crippen LogP contribution in [0.15, 0.2) is 16.8 Å². The molecular weight excluding hydrogens is 226 g/mol. The highest BCUT2D eigenvalue weighted by Gasteiger charge is 2.29. The van der Waals surface area contributed by atoms with E-state index in [0.29, 0.717) is 6.04 Å². The van der Waals surface area contributed by atoms with Gasteiger partial charge in [-0.1, -0.05) is 13.8 Å². The van der Waals surface area contributed by atoms with Crippen LogP contribution in [0, 0.1) is 17.8 Å². The molecule has 2 heteroatoms. The molecule has 1 saturated carbocycles. The van der Waals surface area contributed by atoms with Crippen molar-refractivity contribution in [2.75, 3.05) is 0 Å². The summed E-state index contributed by atoms with van der Waals surface area (Å²) in [7, 11) is 0. The minimum atomic E-state index is 0.448. The van der Waals surface area contributed by atoms with Gasteiger partial charge in [0.15, 0.2) is 0 Å². The normalized spacial score (nSPS) is 29.8. The summed E-state index contributed by atoms with van der Waals surface area (Å²) in [6.07, 6.45) is 6.42. The van der Waals surface area contributed by atoms with Crippen LogP contribution in [-0.2, 0) is 6.42 Å². The van der Waals surface area contributed by atoms with Gasteiger partial charge in [-0.3, -0.25) is 0 Å². The van der Waals surface area contributed by atoms with Crippen LogP contribution in [0.4, 0.5) is 0 Å². The second kappa shape index (κ2) is 6.01. The standard InChI is InChI=1S/C15H25NS/c1-11(2)13-5-6-15(16)14(9-13)4-3-12-7-8-17-10-12/h7-8,10-11,13-15H,3-6,9,16H2,1-2H3. The third-order valence-corrected chi connectivity index (χ3v) is 5.14. The summed E-state index contributed by atoms with van der Waals surface area (Å²) in [5.41, 5.74) is 7.78. The summed E-state index contributed by atoms with van der Waals surface area (Å²) < 4.78 is 0. The van der Waals surface area contributed by atoms with Gasteiger partial charge in [0.05, 0.1) is 0 Å². The maximum atomic E-state index is 6.28. The molecule has 1 fully saturated rings. The lowest BCUT2D eigenvalue weighted by Crippen LogP contribution is -2.37. The van der Waals surface area contributed by atoms with Crippen LogP contribution in [-0.4, -0.2) is 6.04 Å². The molecule has 0 radical (unpaired) electrons. The topological polar surface area (TPSA) is 26.0 Å². The van der Waals surface area contributed by atoms with E-state index in [1.807, 2.05) is 0 Å². The van der Waals surface area contributed by atoms with Gasteiger partial charge in [0, 0.05) is 6.04 Å². The Kier molecular flexibility index (Phi) is 4.63. The third-order valence-electron chi connectivity index (χ3n) is 4.41. The molecule has 2 rings (SSSR count). The van der Waals surface area contributed by atoms with Gasteiger partial charge >= 0.3 is 0 Å². The Labute approximate surface area is 109 Å². The van der Waals surface area contributed by atoms with Crippen LogP contribution in [0.2, 0.25) is 0 Å². The lowest BCUT2D eigenvalue weighted by molar-refractivity contribution is 0.182. The first-order chi connectivity index (χ1) is 8.16. The molecule has 0 amide bonds. The van der Waals surface area contributed by atoms with Crippen molar-refractivity contribution in [2.45, 2.75) is 52.0 Å². The van der Waals surface area contributed by atoms with Crippen molar-refractivity contribution in [3.05, 3.63) is 22.4 Å². The molecular formula is C15H25NS. The van der Waals surface area contributed by atoms with Gasteiger partial charge < -0.3 is 5.73 Å². The average Bonchev–Trinajstić information content (AvgIpc) is 2.80. The summed E-state index contributed by atoms with van der Waals surface area (Å²) in [4.78, 5) is 0. The number of hydrogen-bond acceptors (Lipinski definition) is 2. The summed E-state index contributed by atoms with van der Waals surface area (Å²) in [5.74, 6) is 2.48. The van der Waals surface area contributed by atoms with Crippen LogP contribution < -0.4 is 5.73 Å². The van der Waals surface area contributed by atoms with Crippen molar-refractivity contribution < 1.29 is 0 Å². The van der Waals surface area contributed by atoms with Gasteiger partial charge in [-0.05, 0) is 72.2 Å². The number of nitrogens with two attached hydrogens (primary N) is 1. The van der Waals surface area contributed by atoms with E-state index in [1.54, 1.807) is 11.3 Å². The molecule has 0 aliphatic heterocycles. The van der Waals surface area contributed by atoms with Crippen molar-refractivity contribution in [1.29, 1.82) is 0 Å². The number of thiophene rings is 1. The fraction of sp³-hybridized carbons (Fsp3) is 0.733. The molecule has 3 unspecified atom stereocenters. The molecule has 0 saturated heterocycles. The molecule has 1 aliphatic rings. The predicted molar refractivity (Wildman–Crippen MR) is 76.3 cm³/mol. The highest BCUT2D eigenvalue weighted by Crippen LogP contribution is 2.35. The first kappa shape index (κ1) is 13.1. The van der Waals surface area contributed by atoms with E-state index in [9.17, 15) is 0 Å². The lowest BCUT2D eigenvalue weighted by Gasteiger charge is -2.36. The summed E-state index contributed by atoms with van der Waals surface area (Å²) >= 11 is 1.80. The van der Waals surface area contributed by atoms with Crippen molar-refractivity contribution in [1.82, 2.24) is 0 Å². The number of rotatable bonds is 4. The van der Waals surface area contributed by atoms with E-state index in [1.165, 1.54) is 37.7 Å². The zero-order valence-corrected chi connectivity index (χ0v) is 11.9. The second-order valence-corrected chi connectivity index (χ2v) is 6.69. The van der Waals surface area contributed by atoms with Gasteiger partial charge in [0.25, 0.3) is 0 Å². The first-order valence-corrected chi connectivity index (χ1v) is 7.87. The average molecular weight is 251 g/mol. The van der Waals surface area contributed by atoms with E-state index < -0.39 is 0 Å². The molecule has 1 nitrogen and oxygen atoms in total. The van der Waals surface area contributed by atoms with Crippen molar-refractivity contribution in [3.63, 3.8) is 0 Å². The Bertz CT molecular complexity index is 318. The maximum Gasteiger partial charge on any atom is 0.00674 e. The highest BCUT2D eigenvalue weighted by atomic mass is 32.1. The van der Waals surface area contributed by atoms with E-state index in [-0.39, 0.29) is 0 Å². The molecule has 2 N–H and O–H groups in total. The van der Waals surface area contributed by atoms with Crippen molar-refractivity contribution in [3.8, 4) is 0 Å². The molecule has 1 aliphatic carbocycles. The molecule has 1 aromatic heterocycles. The van der Waals surface area contributed by atoms with Gasteiger partial charge in [0.1, 0.15) is 0 Å². The molecule has 1 heterocycles. The van der Waals surface area contributed by atoms with Crippen molar-refractivity contribution >= 4 is 11.3 Å². The zero-order chi connectivity index (χ0) is 12.3. The fourth-order valence-electron chi connectivity index (χ4n) is 3.05. The molecule has 3 atom stereocenters. The van der Waals surface area contributed by atoms with Gasteiger partial charge in [-0.25, -0.2) is 0 Å². The van der Waals surface area contributed by atoms with Crippen LogP contribution in [0.3, 0.4) is 0 Å². The summed E-state index contributed by atoms with van der Waals surface area (Å²) in [5, 5.41) is 4.45. The largest absolute Gasteiger partial charge is 0.327 e. The Balaban J connectivity index is 1.85. The van der Waals surface area contributed by atoms with Crippen molar-refractivity contribution in [2.24, 2.45) is 23.5 Å². The van der Waals surface area contributed by atoms with Crippen LogP contribution >= 0.6 is 11.3 Å². The number of aryl methyl sites for hydroxylation is 1. The Morgan fingerprint density at radius 3 is 2.88 bits per heavy atom. The molecule has 17 heavy (non-hydrogen) atoms. The van der Waals surface area contributed by atoms with Gasteiger partial charge in [0.2, 0.25) is 0 Å². The minimum absolute atomic E-state index is 0.448. The molecule has 96 valence electrons. The smallest absolute Gasteiger partial charge is 0.00674 e. The van der Waals surface area contributed by atoms with Crippen LogP contribution in [0.5, 0.6) is 0 Å². The SMILES string of the molecule is CC(C)C1CCC(N)C(CCc2ccsc2)C1. The minimum Gasteiger partial charge on any atom is -0.327 e. The van der Waals surface area contributed by atoms with E-state index in [2.05, 4.69) is 30.7 Å². The predicted octanol–water partition coefficient (Wildman–Crippen LogP) is 4.08. The first-order valence-electron chi connectivity index (χ1n) is 6.93. The Morgan fingerprint density at radius 1 is 1.41 bits per heavy atom. The molecule has 0 bridgehead atoms. The van der Waals surface area contributed by atoms with E-state index in [0.717, 1.165) is 17.8 Å². The highest BCUT2D eigenvalue weighted by molar-refractivity contribution is 7.07. The van der Waals surface area contributed by atoms with E-state index >= 15 is 0 Å². The second-order valence-electron chi connectivity index (χ2n) is 5.91. The number of hydrogen-bond donors (Lipinski definition) is 1. The van der Waals surface area contributed by atoms with E-state index in [4.69, 9.17) is 5.73 Å². The fourth-order valence-corrected chi connectivity index (χ4v) is 3.75. The summed E-state index contributed by atoms with van der Waals surface area (Å²) in [6.45, 7) is 4.72. The monoisotopic (exact) mass is 251 g/mol. The Morgan fingerprint density at radius 2 is 2.24 bits per heavy atom. The lowest BCUT2D eigenvalue weighted by atomic mass is 9.72. The van der Waals surface area contributed by atoms with Crippen LogP contribution in [0.25, 0.3) is 0 Å². The van der Waals surface area contributed by atoms with Gasteiger partial charge in [-0.2, -0.15) is 11.3 Å². The maximum absolute atomic E-state index is 6.28. The van der Waals surface area contributed by atoms with Crippen LogP contribution in [0.1, 0.15) is 45.1 Å². The summed E-state index contributed by atoms with van der Waals surface area (Å²) in [6, 6.07) is 2.70. The quantitative estimate of drug-likeness (QED) is 0.857. The molecule has 0 aromatic carbocycles. The molecule has 0 spiro atoms.